The monoisotopic (exact) mass is 482 g/mol. The molecular formula is C23H38N4O7. The van der Waals surface area contributed by atoms with Crippen LogP contribution in [0.1, 0.15) is 71.7 Å². The molecular weight excluding hydrogens is 444 g/mol. The lowest BCUT2D eigenvalue weighted by molar-refractivity contribution is -0.153. The van der Waals surface area contributed by atoms with Gasteiger partial charge in [-0.25, -0.2) is 4.79 Å². The third-order valence-corrected chi connectivity index (χ3v) is 6.35. The maximum absolute atomic E-state index is 12.6. The van der Waals surface area contributed by atoms with E-state index in [1.807, 2.05) is 27.7 Å². The minimum Gasteiger partial charge on any atom is -0.462 e. The molecule has 4 N–H and O–H groups in total. The van der Waals surface area contributed by atoms with Crippen LogP contribution < -0.4 is 11.4 Å². The summed E-state index contributed by atoms with van der Waals surface area (Å²) < 4.78 is 11.5. The van der Waals surface area contributed by atoms with Crippen molar-refractivity contribution in [2.45, 2.75) is 96.8 Å². The molecule has 0 aromatic carbocycles. The summed E-state index contributed by atoms with van der Waals surface area (Å²) in [4.78, 5) is 41.2. The van der Waals surface area contributed by atoms with Crippen LogP contribution in [0.15, 0.2) is 11.0 Å². The van der Waals surface area contributed by atoms with Crippen LogP contribution in [0.25, 0.3) is 0 Å². The number of nitrogens with zero attached hydrogens (tertiary/aromatic N) is 3. The number of hydrogen-bond acceptors (Lipinski definition) is 10. The van der Waals surface area contributed by atoms with E-state index in [1.165, 1.54) is 6.20 Å². The van der Waals surface area contributed by atoms with Crippen molar-refractivity contribution in [2.24, 2.45) is 17.6 Å². The molecule has 11 heteroatoms. The third kappa shape index (κ3) is 6.91. The number of carbonyl (C=O) groups is 2. The Bertz CT molecular complexity index is 871. The number of carbonyl (C=O) groups excluding carboxylic acids is 2. The van der Waals surface area contributed by atoms with Crippen LogP contribution >= 0.6 is 0 Å². The molecule has 6 atom stereocenters. The number of nitrogens with two attached hydrogens (primary N) is 1. The number of esters is 1. The predicted octanol–water partition coefficient (Wildman–Crippen LogP) is 0.502. The average molecular weight is 483 g/mol. The summed E-state index contributed by atoms with van der Waals surface area (Å²) >= 11 is 0. The summed E-state index contributed by atoms with van der Waals surface area (Å²) in [6, 6.07) is -0.817. The summed E-state index contributed by atoms with van der Waals surface area (Å²) in [7, 11) is 0. The van der Waals surface area contributed by atoms with Crippen LogP contribution in [0.5, 0.6) is 0 Å². The number of Topliss-reactive ketones (excluding diaryl/α,β-unsaturated/α-hetero) is 1. The number of ether oxygens (including phenoxy) is 2. The highest BCUT2D eigenvalue weighted by Gasteiger charge is 2.45. The van der Waals surface area contributed by atoms with Gasteiger partial charge in [0.15, 0.2) is 6.23 Å². The van der Waals surface area contributed by atoms with Gasteiger partial charge in [0.05, 0.1) is 18.3 Å². The van der Waals surface area contributed by atoms with E-state index in [-0.39, 0.29) is 36.3 Å². The topological polar surface area (TPSA) is 167 Å². The summed E-state index contributed by atoms with van der Waals surface area (Å²) in [5.74, 6) is -0.788. The molecule has 0 saturated carbocycles. The van der Waals surface area contributed by atoms with Gasteiger partial charge in [0, 0.05) is 5.92 Å². The van der Waals surface area contributed by atoms with E-state index in [0.29, 0.717) is 6.42 Å². The van der Waals surface area contributed by atoms with Crippen LogP contribution in [0.3, 0.4) is 0 Å². The molecule has 1 aliphatic heterocycles. The average Bonchev–Trinajstić information content (AvgIpc) is 3.09. The van der Waals surface area contributed by atoms with Crippen molar-refractivity contribution in [3.8, 4) is 0 Å². The van der Waals surface area contributed by atoms with Gasteiger partial charge in [0.1, 0.15) is 36.7 Å². The SMILES string of the molecule is CCCC(CCC)C(=O)Cc1cnn([C@@H]2O[C@H](COC(=O)[C@@H](N)[C@@H](C)CC)C(O)C2O)c(=O)n1. The van der Waals surface area contributed by atoms with Gasteiger partial charge in [-0.3, -0.25) is 9.59 Å². The number of aliphatic hydroxyl groups excluding tert-OH is 2. The van der Waals surface area contributed by atoms with Crippen LogP contribution in [-0.4, -0.2) is 67.7 Å². The lowest BCUT2D eigenvalue weighted by Crippen LogP contribution is -2.41. The number of hydrogen-bond donors (Lipinski definition) is 3. The Labute approximate surface area is 199 Å². The lowest BCUT2D eigenvalue weighted by Gasteiger charge is -2.19. The van der Waals surface area contributed by atoms with Gasteiger partial charge in [-0.1, -0.05) is 47.0 Å². The van der Waals surface area contributed by atoms with E-state index in [9.17, 15) is 24.6 Å². The molecule has 0 amide bonds. The fourth-order valence-electron chi connectivity index (χ4n) is 3.94. The van der Waals surface area contributed by atoms with Crippen LogP contribution in [-0.2, 0) is 25.5 Å². The largest absolute Gasteiger partial charge is 0.462 e. The zero-order chi connectivity index (χ0) is 25.4. The molecule has 2 rings (SSSR count). The first kappa shape index (κ1) is 28.0. The number of aromatic nitrogens is 3. The Morgan fingerprint density at radius 2 is 1.85 bits per heavy atom. The van der Waals surface area contributed by atoms with Gasteiger partial charge in [-0.2, -0.15) is 14.8 Å². The Hall–Kier alpha value is -2.21. The number of rotatable bonds is 13. The maximum atomic E-state index is 12.6. The fourth-order valence-corrected chi connectivity index (χ4v) is 3.94. The second-order valence-electron chi connectivity index (χ2n) is 8.98. The van der Waals surface area contributed by atoms with Gasteiger partial charge < -0.3 is 25.4 Å². The molecule has 1 fully saturated rings. The van der Waals surface area contributed by atoms with E-state index in [1.54, 1.807) is 0 Å². The zero-order valence-corrected chi connectivity index (χ0v) is 20.4. The molecule has 2 unspecified atom stereocenters. The molecule has 192 valence electrons. The number of aliphatic hydroxyl groups is 2. The zero-order valence-electron chi connectivity index (χ0n) is 20.4. The molecule has 0 bridgehead atoms. The predicted molar refractivity (Wildman–Crippen MR) is 123 cm³/mol. The third-order valence-electron chi connectivity index (χ3n) is 6.35. The quantitative estimate of drug-likeness (QED) is 0.337. The highest BCUT2D eigenvalue weighted by atomic mass is 16.6. The Morgan fingerprint density at radius 3 is 2.41 bits per heavy atom. The molecule has 1 aromatic heterocycles. The Balaban J connectivity index is 2.05. The van der Waals surface area contributed by atoms with Crippen molar-refractivity contribution in [3.63, 3.8) is 0 Å². The second kappa shape index (κ2) is 13.0. The first-order valence-corrected chi connectivity index (χ1v) is 12.1. The van der Waals surface area contributed by atoms with Crippen molar-refractivity contribution in [2.75, 3.05) is 6.61 Å². The maximum Gasteiger partial charge on any atom is 0.366 e. The van der Waals surface area contributed by atoms with Gasteiger partial charge in [0.25, 0.3) is 0 Å². The van der Waals surface area contributed by atoms with Crippen molar-refractivity contribution in [1.82, 2.24) is 14.8 Å². The van der Waals surface area contributed by atoms with Gasteiger partial charge in [-0.15, -0.1) is 0 Å². The Morgan fingerprint density at radius 1 is 1.21 bits per heavy atom. The first-order valence-electron chi connectivity index (χ1n) is 12.1. The molecule has 0 aliphatic carbocycles. The molecule has 34 heavy (non-hydrogen) atoms. The van der Waals surface area contributed by atoms with E-state index < -0.39 is 42.2 Å². The summed E-state index contributed by atoms with van der Waals surface area (Å²) in [5.41, 5.74) is 5.26. The summed E-state index contributed by atoms with van der Waals surface area (Å²) in [6.45, 7) is 7.42. The van der Waals surface area contributed by atoms with Crippen molar-refractivity contribution < 1.29 is 29.3 Å². The van der Waals surface area contributed by atoms with E-state index >= 15 is 0 Å². The van der Waals surface area contributed by atoms with Crippen molar-refractivity contribution in [1.29, 1.82) is 0 Å². The standard InChI is InChI=1S/C23H38N4O7/c1-5-8-14(9-6-2)16(28)10-15-11-25-27(23(32)26-15)21-20(30)19(29)17(34-21)12-33-22(31)18(24)13(4)7-3/h11,13-14,17-21,29-30H,5-10,12,24H2,1-4H3/t13-,17+,18-,19?,20?,21+/m0/s1. The minimum absolute atomic E-state index is 0.000532. The van der Waals surface area contributed by atoms with E-state index in [0.717, 1.165) is 30.4 Å². The molecule has 0 spiro atoms. The molecule has 11 nitrogen and oxygen atoms in total. The van der Waals surface area contributed by atoms with E-state index in [2.05, 4.69) is 10.1 Å². The van der Waals surface area contributed by atoms with Gasteiger partial charge >= 0.3 is 11.7 Å². The summed E-state index contributed by atoms with van der Waals surface area (Å²) in [6.07, 6.45) is 0.0192. The molecule has 1 saturated heterocycles. The van der Waals surface area contributed by atoms with Crippen LogP contribution in [0, 0.1) is 11.8 Å². The van der Waals surface area contributed by atoms with Crippen molar-refractivity contribution in [3.05, 3.63) is 22.4 Å². The lowest BCUT2D eigenvalue weighted by atomic mass is 9.91. The molecule has 0 radical (unpaired) electrons. The first-order chi connectivity index (χ1) is 16.1. The van der Waals surface area contributed by atoms with Crippen LogP contribution in [0.2, 0.25) is 0 Å². The molecule has 1 aromatic rings. The Kier molecular flexibility index (Phi) is 10.7. The minimum atomic E-state index is -1.50. The smallest absolute Gasteiger partial charge is 0.366 e. The van der Waals surface area contributed by atoms with Crippen LogP contribution in [0.4, 0.5) is 0 Å². The fraction of sp³-hybridized carbons (Fsp3) is 0.783. The molecule has 2 heterocycles. The van der Waals surface area contributed by atoms with Crippen molar-refractivity contribution >= 4 is 11.8 Å². The summed E-state index contributed by atoms with van der Waals surface area (Å²) in [5, 5.41) is 24.7. The van der Waals surface area contributed by atoms with Gasteiger partial charge in [-0.05, 0) is 18.8 Å². The number of ketones is 1. The highest BCUT2D eigenvalue weighted by molar-refractivity contribution is 5.82. The second-order valence-corrected chi connectivity index (χ2v) is 8.98. The highest BCUT2D eigenvalue weighted by Crippen LogP contribution is 2.28. The normalized spacial score (nSPS) is 24.2. The van der Waals surface area contributed by atoms with E-state index in [4.69, 9.17) is 15.2 Å². The van der Waals surface area contributed by atoms with Gasteiger partial charge in [0.2, 0.25) is 0 Å². The molecule has 1 aliphatic rings.